The van der Waals surface area contributed by atoms with Gasteiger partial charge in [0.2, 0.25) is 0 Å². The van der Waals surface area contributed by atoms with Crippen LogP contribution in [-0.2, 0) is 11.0 Å². The molecule has 1 N–H and O–H groups in total. The monoisotopic (exact) mass is 447 g/mol. The summed E-state index contributed by atoms with van der Waals surface area (Å²) in [5.74, 6) is -1.80. The SMILES string of the molecule is CNC(=O)c1ccc(N2CN(c3cnc(C#N)c(C(F)(F)F)c3)C(=O)C23CCC3)cc1F. The predicted molar refractivity (Wildman–Crippen MR) is 105 cm³/mol. The minimum Gasteiger partial charge on any atom is -0.355 e. The van der Waals surface area contributed by atoms with Crippen LogP contribution in [0.1, 0.15) is 40.9 Å². The topological polar surface area (TPSA) is 89.3 Å². The van der Waals surface area contributed by atoms with E-state index < -0.39 is 40.6 Å². The van der Waals surface area contributed by atoms with Gasteiger partial charge in [0.15, 0.2) is 5.69 Å². The van der Waals surface area contributed by atoms with E-state index >= 15 is 0 Å². The van der Waals surface area contributed by atoms with Crippen molar-refractivity contribution in [3.05, 3.63) is 53.1 Å². The van der Waals surface area contributed by atoms with Gasteiger partial charge in [0, 0.05) is 12.7 Å². The van der Waals surface area contributed by atoms with E-state index in [1.54, 1.807) is 4.90 Å². The van der Waals surface area contributed by atoms with Gasteiger partial charge in [0.1, 0.15) is 17.4 Å². The molecule has 0 radical (unpaired) electrons. The molecule has 1 saturated heterocycles. The third kappa shape index (κ3) is 3.23. The van der Waals surface area contributed by atoms with Gasteiger partial charge in [0.05, 0.1) is 29.7 Å². The minimum atomic E-state index is -4.82. The molecular formula is C21H17F4N5O2. The Bertz CT molecular complexity index is 1150. The van der Waals surface area contributed by atoms with Gasteiger partial charge < -0.3 is 10.2 Å². The summed E-state index contributed by atoms with van der Waals surface area (Å²) >= 11 is 0. The number of rotatable bonds is 3. The van der Waals surface area contributed by atoms with Crippen molar-refractivity contribution in [2.24, 2.45) is 0 Å². The molecule has 1 spiro atoms. The molecule has 1 aliphatic heterocycles. The second kappa shape index (κ2) is 7.47. The van der Waals surface area contributed by atoms with Gasteiger partial charge in [-0.3, -0.25) is 14.5 Å². The Kier molecular flexibility index (Phi) is 5.03. The van der Waals surface area contributed by atoms with E-state index in [2.05, 4.69) is 10.3 Å². The van der Waals surface area contributed by atoms with Crippen molar-refractivity contribution in [1.82, 2.24) is 10.3 Å². The highest BCUT2D eigenvalue weighted by Crippen LogP contribution is 2.47. The van der Waals surface area contributed by atoms with Crippen LogP contribution >= 0.6 is 0 Å². The molecule has 1 saturated carbocycles. The highest BCUT2D eigenvalue weighted by molar-refractivity contribution is 6.07. The number of nitrogens with zero attached hydrogens (tertiary/aromatic N) is 4. The number of nitrogens with one attached hydrogen (secondary N) is 1. The quantitative estimate of drug-likeness (QED) is 0.730. The van der Waals surface area contributed by atoms with Crippen LogP contribution in [0.3, 0.4) is 0 Å². The summed E-state index contributed by atoms with van der Waals surface area (Å²) in [6.07, 6.45) is -2.12. The molecule has 4 rings (SSSR count). The highest BCUT2D eigenvalue weighted by atomic mass is 19.4. The van der Waals surface area contributed by atoms with E-state index in [9.17, 15) is 27.2 Å². The molecule has 0 bridgehead atoms. The summed E-state index contributed by atoms with van der Waals surface area (Å²) in [4.78, 5) is 31.4. The first-order chi connectivity index (χ1) is 15.1. The number of amides is 2. The molecule has 166 valence electrons. The second-order valence-electron chi connectivity index (χ2n) is 7.63. The Hall–Kier alpha value is -3.68. The van der Waals surface area contributed by atoms with Crippen LogP contribution in [-0.4, -0.2) is 36.1 Å². The van der Waals surface area contributed by atoms with Crippen molar-refractivity contribution in [1.29, 1.82) is 5.26 Å². The number of benzene rings is 1. The van der Waals surface area contributed by atoms with Gasteiger partial charge in [0.25, 0.3) is 11.8 Å². The Morgan fingerprint density at radius 3 is 2.50 bits per heavy atom. The lowest BCUT2D eigenvalue weighted by Gasteiger charge is -2.43. The van der Waals surface area contributed by atoms with Crippen molar-refractivity contribution in [2.45, 2.75) is 31.0 Å². The first-order valence-corrected chi connectivity index (χ1v) is 9.71. The molecule has 2 heterocycles. The average molecular weight is 447 g/mol. The Morgan fingerprint density at radius 1 is 1.25 bits per heavy atom. The minimum absolute atomic E-state index is 0.0995. The first-order valence-electron chi connectivity index (χ1n) is 9.71. The molecule has 0 unspecified atom stereocenters. The molecular weight excluding hydrogens is 430 g/mol. The number of carbonyl (C=O) groups excluding carboxylic acids is 2. The molecule has 7 nitrogen and oxygen atoms in total. The maximum atomic E-state index is 14.5. The van der Waals surface area contributed by atoms with Crippen molar-refractivity contribution >= 4 is 23.2 Å². The number of hydrogen-bond acceptors (Lipinski definition) is 5. The van der Waals surface area contributed by atoms with E-state index in [1.807, 2.05) is 0 Å². The fourth-order valence-electron chi connectivity index (χ4n) is 4.13. The molecule has 1 aromatic heterocycles. The molecule has 32 heavy (non-hydrogen) atoms. The molecule has 0 atom stereocenters. The van der Waals surface area contributed by atoms with Crippen molar-refractivity contribution in [2.75, 3.05) is 23.5 Å². The second-order valence-corrected chi connectivity index (χ2v) is 7.63. The molecule has 2 aromatic rings. The molecule has 1 aromatic carbocycles. The summed E-state index contributed by atoms with van der Waals surface area (Å²) in [6.45, 7) is -0.123. The van der Waals surface area contributed by atoms with E-state index in [0.29, 0.717) is 18.5 Å². The summed E-state index contributed by atoms with van der Waals surface area (Å²) in [6, 6.07) is 6.08. The number of aromatic nitrogens is 1. The number of hydrogen-bond donors (Lipinski definition) is 1. The third-order valence-electron chi connectivity index (χ3n) is 5.96. The lowest BCUT2D eigenvalue weighted by atomic mass is 9.75. The number of pyridine rings is 1. The fourth-order valence-corrected chi connectivity index (χ4v) is 4.13. The smallest absolute Gasteiger partial charge is 0.355 e. The van der Waals surface area contributed by atoms with Crippen molar-refractivity contribution in [3.63, 3.8) is 0 Å². The average Bonchev–Trinajstić information content (AvgIpc) is 3.05. The zero-order valence-electron chi connectivity index (χ0n) is 16.8. The van der Waals surface area contributed by atoms with E-state index in [0.717, 1.165) is 29.7 Å². The van der Waals surface area contributed by atoms with Gasteiger partial charge in [-0.2, -0.15) is 18.4 Å². The van der Waals surface area contributed by atoms with E-state index in [-0.39, 0.29) is 17.9 Å². The normalized spacial score (nSPS) is 17.3. The number of carbonyl (C=O) groups is 2. The van der Waals surface area contributed by atoms with Crippen molar-refractivity contribution in [3.8, 4) is 6.07 Å². The van der Waals surface area contributed by atoms with Crippen LogP contribution < -0.4 is 15.1 Å². The molecule has 1 aliphatic carbocycles. The summed E-state index contributed by atoms with van der Waals surface area (Å²) in [5.41, 5.74) is -2.94. The van der Waals surface area contributed by atoms with Gasteiger partial charge in [-0.1, -0.05) is 0 Å². The van der Waals surface area contributed by atoms with Crippen LogP contribution in [0.2, 0.25) is 0 Å². The molecule has 11 heteroatoms. The molecule has 2 aliphatic rings. The maximum absolute atomic E-state index is 14.5. The number of alkyl halides is 3. The largest absolute Gasteiger partial charge is 0.419 e. The van der Waals surface area contributed by atoms with Crippen LogP contribution in [0, 0.1) is 17.1 Å². The van der Waals surface area contributed by atoms with Gasteiger partial charge in [-0.25, -0.2) is 9.37 Å². The lowest BCUT2D eigenvalue weighted by Crippen LogP contribution is -2.54. The van der Waals surface area contributed by atoms with Crippen LogP contribution in [0.25, 0.3) is 0 Å². The van der Waals surface area contributed by atoms with Crippen molar-refractivity contribution < 1.29 is 27.2 Å². The van der Waals surface area contributed by atoms with Crippen LogP contribution in [0.5, 0.6) is 0 Å². The lowest BCUT2D eigenvalue weighted by molar-refractivity contribution is -0.138. The van der Waals surface area contributed by atoms with Crippen LogP contribution in [0.15, 0.2) is 30.5 Å². The fraction of sp³-hybridized carbons (Fsp3) is 0.333. The Labute approximate surface area is 180 Å². The summed E-state index contributed by atoms with van der Waals surface area (Å²) < 4.78 is 54.7. The number of halogens is 4. The Balaban J connectivity index is 1.73. The van der Waals surface area contributed by atoms with Crippen LogP contribution in [0.4, 0.5) is 28.9 Å². The van der Waals surface area contributed by atoms with Gasteiger partial charge in [-0.15, -0.1) is 0 Å². The maximum Gasteiger partial charge on any atom is 0.419 e. The highest BCUT2D eigenvalue weighted by Gasteiger charge is 2.57. The third-order valence-corrected chi connectivity index (χ3v) is 5.96. The van der Waals surface area contributed by atoms with Gasteiger partial charge >= 0.3 is 6.18 Å². The number of anilines is 2. The van der Waals surface area contributed by atoms with E-state index in [1.165, 1.54) is 25.2 Å². The Morgan fingerprint density at radius 2 is 1.97 bits per heavy atom. The predicted octanol–water partition coefficient (Wildman–Crippen LogP) is 3.20. The van der Waals surface area contributed by atoms with E-state index in [4.69, 9.17) is 5.26 Å². The standard InChI is InChI=1S/C21H17F4N5O2/c1-27-18(31)14-4-3-12(8-16(14)22)30-11-29(19(32)20(30)5-2-6-20)13-7-15(21(23,24)25)17(9-26)28-10-13/h3-4,7-8,10H,2,5-6,11H2,1H3,(H,27,31). The molecule has 2 amide bonds. The molecule has 2 fully saturated rings. The zero-order chi connectivity index (χ0) is 23.3. The number of nitriles is 1. The zero-order valence-corrected chi connectivity index (χ0v) is 16.8. The first kappa shape index (κ1) is 21.5. The summed E-state index contributed by atoms with van der Waals surface area (Å²) in [7, 11) is 1.37. The van der Waals surface area contributed by atoms with Gasteiger partial charge in [-0.05, 0) is 43.5 Å². The summed E-state index contributed by atoms with van der Waals surface area (Å²) in [5, 5.41) is 11.3.